The summed E-state index contributed by atoms with van der Waals surface area (Å²) in [6.07, 6.45) is 4.07. The number of carbonyl (C=O) groups is 1. The van der Waals surface area contributed by atoms with E-state index in [-0.39, 0.29) is 5.97 Å². The van der Waals surface area contributed by atoms with Crippen LogP contribution in [0.3, 0.4) is 0 Å². The molecular weight excluding hydrogens is 200 g/mol. The van der Waals surface area contributed by atoms with Gasteiger partial charge in [-0.1, -0.05) is 38.8 Å². The van der Waals surface area contributed by atoms with Crippen LogP contribution >= 0.6 is 0 Å². The summed E-state index contributed by atoms with van der Waals surface area (Å²) in [7, 11) is 1.44. The number of rotatable bonds is 5. The van der Waals surface area contributed by atoms with Crippen LogP contribution in [0.25, 0.3) is 0 Å². The SMILES string of the molecule is CCCc1ccc(CCC)c(C(=O)OC)c1. The molecule has 0 N–H and O–H groups in total. The molecule has 1 aromatic rings. The van der Waals surface area contributed by atoms with E-state index in [4.69, 9.17) is 4.74 Å². The van der Waals surface area contributed by atoms with Gasteiger partial charge in [0.15, 0.2) is 0 Å². The van der Waals surface area contributed by atoms with Crippen molar-refractivity contribution in [2.45, 2.75) is 39.5 Å². The molecule has 0 heterocycles. The van der Waals surface area contributed by atoms with Gasteiger partial charge >= 0.3 is 5.97 Å². The summed E-state index contributed by atoms with van der Waals surface area (Å²) < 4.78 is 4.82. The average Bonchev–Trinajstić information content (AvgIpc) is 2.31. The number of esters is 1. The van der Waals surface area contributed by atoms with E-state index < -0.39 is 0 Å². The molecule has 0 unspecified atom stereocenters. The first-order valence-electron chi connectivity index (χ1n) is 5.93. The van der Waals surface area contributed by atoms with E-state index in [0.717, 1.165) is 36.8 Å². The molecule has 0 aliphatic carbocycles. The maximum atomic E-state index is 11.6. The monoisotopic (exact) mass is 220 g/mol. The van der Waals surface area contributed by atoms with E-state index in [2.05, 4.69) is 26.0 Å². The first-order chi connectivity index (χ1) is 7.72. The molecule has 0 aliphatic rings. The van der Waals surface area contributed by atoms with Gasteiger partial charge in [-0.05, 0) is 30.0 Å². The number of aryl methyl sites for hydroxylation is 2. The van der Waals surface area contributed by atoms with Crippen molar-refractivity contribution in [2.24, 2.45) is 0 Å². The highest BCUT2D eigenvalue weighted by molar-refractivity contribution is 5.91. The molecule has 0 aliphatic heterocycles. The second-order valence-electron chi connectivity index (χ2n) is 3.98. The predicted octanol–water partition coefficient (Wildman–Crippen LogP) is 3.38. The van der Waals surface area contributed by atoms with Crippen LogP contribution in [0.4, 0.5) is 0 Å². The molecule has 0 saturated carbocycles. The van der Waals surface area contributed by atoms with E-state index in [1.165, 1.54) is 12.7 Å². The largest absolute Gasteiger partial charge is 0.465 e. The van der Waals surface area contributed by atoms with Crippen LogP contribution in [0.1, 0.15) is 48.2 Å². The molecule has 1 aromatic carbocycles. The lowest BCUT2D eigenvalue weighted by molar-refractivity contribution is 0.0599. The fourth-order valence-corrected chi connectivity index (χ4v) is 1.86. The molecule has 16 heavy (non-hydrogen) atoms. The van der Waals surface area contributed by atoms with Crippen LogP contribution in [0.2, 0.25) is 0 Å². The standard InChI is InChI=1S/C14H20O2/c1-4-6-11-8-9-12(7-5-2)13(10-11)14(15)16-3/h8-10H,4-7H2,1-3H3. The third-order valence-corrected chi connectivity index (χ3v) is 2.64. The molecule has 1 rings (SSSR count). The molecule has 0 aromatic heterocycles. The van der Waals surface area contributed by atoms with Crippen LogP contribution in [-0.2, 0) is 17.6 Å². The van der Waals surface area contributed by atoms with Crippen molar-refractivity contribution in [1.29, 1.82) is 0 Å². The second-order valence-corrected chi connectivity index (χ2v) is 3.98. The van der Waals surface area contributed by atoms with Gasteiger partial charge in [0, 0.05) is 0 Å². The van der Waals surface area contributed by atoms with Crippen LogP contribution in [0, 0.1) is 0 Å². The number of ether oxygens (including phenoxy) is 1. The minimum atomic E-state index is -0.221. The normalized spacial score (nSPS) is 10.2. The van der Waals surface area contributed by atoms with Gasteiger partial charge in [0.05, 0.1) is 12.7 Å². The maximum Gasteiger partial charge on any atom is 0.338 e. The number of hydrogen-bond acceptors (Lipinski definition) is 2. The van der Waals surface area contributed by atoms with Crippen LogP contribution in [0.5, 0.6) is 0 Å². The zero-order valence-corrected chi connectivity index (χ0v) is 10.4. The molecule has 0 radical (unpaired) electrons. The van der Waals surface area contributed by atoms with Crippen molar-refractivity contribution in [2.75, 3.05) is 7.11 Å². The number of methoxy groups -OCH3 is 1. The molecule has 0 saturated heterocycles. The van der Waals surface area contributed by atoms with E-state index in [9.17, 15) is 4.79 Å². The molecular formula is C14H20O2. The van der Waals surface area contributed by atoms with Crippen LogP contribution in [0.15, 0.2) is 18.2 Å². The summed E-state index contributed by atoms with van der Waals surface area (Å²) in [5, 5.41) is 0. The minimum Gasteiger partial charge on any atom is -0.465 e. The molecule has 0 bridgehead atoms. The summed E-state index contributed by atoms with van der Waals surface area (Å²) in [4.78, 5) is 11.6. The molecule has 0 spiro atoms. The third-order valence-electron chi connectivity index (χ3n) is 2.64. The van der Waals surface area contributed by atoms with Gasteiger partial charge < -0.3 is 4.74 Å². The van der Waals surface area contributed by atoms with Gasteiger partial charge in [-0.3, -0.25) is 0 Å². The van der Waals surface area contributed by atoms with E-state index in [1.807, 2.05) is 6.07 Å². The lowest BCUT2D eigenvalue weighted by atomic mass is 9.98. The topological polar surface area (TPSA) is 26.3 Å². The van der Waals surface area contributed by atoms with Crippen molar-refractivity contribution in [3.8, 4) is 0 Å². The Morgan fingerprint density at radius 3 is 2.44 bits per heavy atom. The zero-order chi connectivity index (χ0) is 12.0. The molecule has 2 heteroatoms. The smallest absolute Gasteiger partial charge is 0.338 e. The number of hydrogen-bond donors (Lipinski definition) is 0. The number of carbonyl (C=O) groups excluding carboxylic acids is 1. The molecule has 0 atom stereocenters. The van der Waals surface area contributed by atoms with Gasteiger partial charge in [-0.15, -0.1) is 0 Å². The van der Waals surface area contributed by atoms with Crippen molar-refractivity contribution in [3.05, 3.63) is 34.9 Å². The van der Waals surface area contributed by atoms with Gasteiger partial charge in [-0.25, -0.2) is 4.79 Å². The van der Waals surface area contributed by atoms with Crippen LogP contribution < -0.4 is 0 Å². The fourth-order valence-electron chi connectivity index (χ4n) is 1.86. The first-order valence-corrected chi connectivity index (χ1v) is 5.93. The van der Waals surface area contributed by atoms with Crippen molar-refractivity contribution in [1.82, 2.24) is 0 Å². The maximum absolute atomic E-state index is 11.6. The quantitative estimate of drug-likeness (QED) is 0.711. The van der Waals surface area contributed by atoms with Crippen molar-refractivity contribution >= 4 is 5.97 Å². The van der Waals surface area contributed by atoms with E-state index in [0.29, 0.717) is 0 Å². The Hall–Kier alpha value is -1.31. The van der Waals surface area contributed by atoms with E-state index in [1.54, 1.807) is 0 Å². The van der Waals surface area contributed by atoms with Gasteiger partial charge in [0.2, 0.25) is 0 Å². The highest BCUT2D eigenvalue weighted by atomic mass is 16.5. The Bertz CT molecular complexity index is 356. The number of benzene rings is 1. The molecule has 88 valence electrons. The molecule has 0 amide bonds. The Morgan fingerprint density at radius 1 is 1.19 bits per heavy atom. The fraction of sp³-hybridized carbons (Fsp3) is 0.500. The molecule has 0 fully saturated rings. The lowest BCUT2D eigenvalue weighted by Gasteiger charge is -2.09. The van der Waals surface area contributed by atoms with Crippen LogP contribution in [-0.4, -0.2) is 13.1 Å². The highest BCUT2D eigenvalue weighted by Crippen LogP contribution is 2.16. The summed E-state index contributed by atoms with van der Waals surface area (Å²) in [6.45, 7) is 4.25. The summed E-state index contributed by atoms with van der Waals surface area (Å²) in [6, 6.07) is 6.14. The summed E-state index contributed by atoms with van der Waals surface area (Å²) in [5.74, 6) is -0.221. The lowest BCUT2D eigenvalue weighted by Crippen LogP contribution is -2.06. The predicted molar refractivity (Wildman–Crippen MR) is 65.8 cm³/mol. The summed E-state index contributed by atoms with van der Waals surface area (Å²) in [5.41, 5.74) is 3.03. The summed E-state index contributed by atoms with van der Waals surface area (Å²) >= 11 is 0. The van der Waals surface area contributed by atoms with Crippen molar-refractivity contribution in [3.63, 3.8) is 0 Å². The average molecular weight is 220 g/mol. The Balaban J connectivity index is 3.05. The Labute approximate surface area is 97.6 Å². The minimum absolute atomic E-state index is 0.221. The first kappa shape index (κ1) is 12.8. The van der Waals surface area contributed by atoms with Gasteiger partial charge in [0.25, 0.3) is 0 Å². The third kappa shape index (κ3) is 3.09. The Kier molecular flexibility index (Phi) is 5.03. The van der Waals surface area contributed by atoms with Gasteiger partial charge in [0.1, 0.15) is 0 Å². The highest BCUT2D eigenvalue weighted by Gasteiger charge is 2.11. The second kappa shape index (κ2) is 6.31. The van der Waals surface area contributed by atoms with E-state index >= 15 is 0 Å². The van der Waals surface area contributed by atoms with Gasteiger partial charge in [-0.2, -0.15) is 0 Å². The zero-order valence-electron chi connectivity index (χ0n) is 10.4. The van der Waals surface area contributed by atoms with Crippen molar-refractivity contribution < 1.29 is 9.53 Å². The Morgan fingerprint density at radius 2 is 1.88 bits per heavy atom. The molecule has 2 nitrogen and oxygen atoms in total.